The number of fused-ring (bicyclic) bond motifs is 1. The van der Waals surface area contributed by atoms with Gasteiger partial charge in [0, 0.05) is 24.8 Å². The Labute approximate surface area is 104 Å². The molecule has 1 fully saturated rings. The van der Waals surface area contributed by atoms with E-state index >= 15 is 0 Å². The van der Waals surface area contributed by atoms with Crippen LogP contribution in [-0.4, -0.2) is 25.7 Å². The van der Waals surface area contributed by atoms with Crippen LogP contribution in [0, 0.1) is 5.92 Å². The molecule has 0 aliphatic carbocycles. The van der Waals surface area contributed by atoms with Gasteiger partial charge in [-0.3, -0.25) is 0 Å². The summed E-state index contributed by atoms with van der Waals surface area (Å²) >= 11 is 0. The van der Waals surface area contributed by atoms with Gasteiger partial charge in [0.15, 0.2) is 0 Å². The lowest BCUT2D eigenvalue weighted by molar-refractivity contribution is 0.497. The molecule has 1 aromatic carbocycles. The minimum absolute atomic E-state index is 0.702. The van der Waals surface area contributed by atoms with Crippen molar-refractivity contribution < 1.29 is 0 Å². The van der Waals surface area contributed by atoms with E-state index < -0.39 is 0 Å². The van der Waals surface area contributed by atoms with Crippen LogP contribution in [-0.2, 0) is 6.42 Å². The van der Waals surface area contributed by atoms with Gasteiger partial charge >= 0.3 is 0 Å². The van der Waals surface area contributed by atoms with Gasteiger partial charge in [-0.1, -0.05) is 25.1 Å². The largest absolute Gasteiger partial charge is 0.369 e. The number of nitrogens with zero attached hydrogens (tertiary/aromatic N) is 1. The lowest BCUT2D eigenvalue weighted by Crippen LogP contribution is -2.42. The monoisotopic (exact) mass is 230 g/mol. The maximum absolute atomic E-state index is 3.61. The minimum Gasteiger partial charge on any atom is -0.369 e. The molecule has 0 aromatic heterocycles. The molecule has 2 atom stereocenters. The number of rotatable bonds is 2. The summed E-state index contributed by atoms with van der Waals surface area (Å²) in [7, 11) is 0. The first-order valence-corrected chi connectivity index (χ1v) is 6.89. The summed E-state index contributed by atoms with van der Waals surface area (Å²) < 4.78 is 0. The quantitative estimate of drug-likeness (QED) is 0.839. The van der Waals surface area contributed by atoms with Crippen molar-refractivity contribution in [2.24, 2.45) is 5.92 Å². The predicted molar refractivity (Wildman–Crippen MR) is 72.5 cm³/mol. The van der Waals surface area contributed by atoms with Crippen molar-refractivity contribution in [1.29, 1.82) is 0 Å². The maximum atomic E-state index is 3.61. The molecule has 0 saturated carbocycles. The molecule has 3 rings (SSSR count). The van der Waals surface area contributed by atoms with Gasteiger partial charge in [0.05, 0.1) is 0 Å². The zero-order chi connectivity index (χ0) is 11.7. The molecule has 0 amide bonds. The fourth-order valence-electron chi connectivity index (χ4n) is 3.26. The van der Waals surface area contributed by atoms with Crippen LogP contribution < -0.4 is 10.2 Å². The second-order valence-corrected chi connectivity index (χ2v) is 5.64. The van der Waals surface area contributed by atoms with Gasteiger partial charge in [0.1, 0.15) is 0 Å². The van der Waals surface area contributed by atoms with E-state index in [1.807, 2.05) is 0 Å². The first-order chi connectivity index (χ1) is 8.33. The highest BCUT2D eigenvalue weighted by Crippen LogP contribution is 2.29. The zero-order valence-electron chi connectivity index (χ0n) is 10.7. The van der Waals surface area contributed by atoms with Crippen LogP contribution in [0.3, 0.4) is 0 Å². The molecule has 17 heavy (non-hydrogen) atoms. The molecule has 2 aliphatic rings. The van der Waals surface area contributed by atoms with E-state index in [-0.39, 0.29) is 0 Å². The summed E-state index contributed by atoms with van der Waals surface area (Å²) in [5.74, 6) is 0.784. The third kappa shape index (κ3) is 2.32. The first kappa shape index (κ1) is 11.1. The Morgan fingerprint density at radius 2 is 2.24 bits per heavy atom. The summed E-state index contributed by atoms with van der Waals surface area (Å²) in [5, 5.41) is 3.61. The average molecular weight is 230 g/mol. The molecule has 2 heteroatoms. The third-order valence-corrected chi connectivity index (χ3v) is 4.04. The molecule has 0 bridgehead atoms. The first-order valence-electron chi connectivity index (χ1n) is 6.89. The summed E-state index contributed by atoms with van der Waals surface area (Å²) in [5.41, 5.74) is 3.00. The smallest absolute Gasteiger partial charge is 0.0399 e. The maximum Gasteiger partial charge on any atom is 0.0399 e. The molecule has 1 unspecified atom stereocenters. The van der Waals surface area contributed by atoms with Crippen LogP contribution >= 0.6 is 0 Å². The highest BCUT2D eigenvalue weighted by Gasteiger charge is 2.24. The number of anilines is 1. The SMILES string of the molecule is CC1Cc2ccccc2N(C[C@@H]2CCCN2)C1. The number of para-hydroxylation sites is 1. The second kappa shape index (κ2) is 4.69. The van der Waals surface area contributed by atoms with Gasteiger partial charge in [0.25, 0.3) is 0 Å². The van der Waals surface area contributed by atoms with Crippen molar-refractivity contribution in [2.45, 2.75) is 32.2 Å². The Hall–Kier alpha value is -1.02. The van der Waals surface area contributed by atoms with E-state index in [2.05, 4.69) is 41.4 Å². The molecule has 2 aliphatic heterocycles. The number of hydrogen-bond acceptors (Lipinski definition) is 2. The Kier molecular flexibility index (Phi) is 3.06. The Morgan fingerprint density at radius 1 is 1.35 bits per heavy atom. The van der Waals surface area contributed by atoms with E-state index in [4.69, 9.17) is 0 Å². The fourth-order valence-corrected chi connectivity index (χ4v) is 3.26. The van der Waals surface area contributed by atoms with Gasteiger partial charge in [0.2, 0.25) is 0 Å². The second-order valence-electron chi connectivity index (χ2n) is 5.64. The third-order valence-electron chi connectivity index (χ3n) is 4.04. The van der Waals surface area contributed by atoms with Gasteiger partial charge in [-0.15, -0.1) is 0 Å². The molecule has 0 spiro atoms. The van der Waals surface area contributed by atoms with E-state index in [1.54, 1.807) is 0 Å². The number of benzene rings is 1. The van der Waals surface area contributed by atoms with Crippen molar-refractivity contribution in [2.75, 3.05) is 24.5 Å². The van der Waals surface area contributed by atoms with Crippen LogP contribution in [0.15, 0.2) is 24.3 Å². The Bertz CT molecular complexity index is 382. The summed E-state index contributed by atoms with van der Waals surface area (Å²) in [4.78, 5) is 2.59. The van der Waals surface area contributed by atoms with Gasteiger partial charge in [-0.05, 0) is 43.4 Å². The lowest BCUT2D eigenvalue weighted by atomic mass is 9.93. The van der Waals surface area contributed by atoms with Crippen molar-refractivity contribution in [3.63, 3.8) is 0 Å². The highest BCUT2D eigenvalue weighted by molar-refractivity contribution is 5.55. The Morgan fingerprint density at radius 3 is 3.06 bits per heavy atom. The summed E-state index contributed by atoms with van der Waals surface area (Å²) in [6, 6.07) is 9.62. The average Bonchev–Trinajstić information content (AvgIpc) is 2.81. The standard InChI is InChI=1S/C15H22N2/c1-12-9-13-5-2-3-7-15(13)17(10-12)11-14-6-4-8-16-14/h2-3,5,7,12,14,16H,4,6,8-11H2,1H3/t12?,14-/m0/s1. The highest BCUT2D eigenvalue weighted by atomic mass is 15.2. The zero-order valence-corrected chi connectivity index (χ0v) is 10.7. The molecular formula is C15H22N2. The summed E-state index contributed by atoms with van der Waals surface area (Å²) in [6.07, 6.45) is 3.92. The minimum atomic E-state index is 0.702. The van der Waals surface area contributed by atoms with E-state index in [1.165, 1.54) is 50.1 Å². The number of nitrogens with one attached hydrogen (secondary N) is 1. The van der Waals surface area contributed by atoms with Crippen molar-refractivity contribution in [3.8, 4) is 0 Å². The van der Waals surface area contributed by atoms with Crippen LogP contribution in [0.25, 0.3) is 0 Å². The van der Waals surface area contributed by atoms with Crippen LogP contribution in [0.5, 0.6) is 0 Å². The molecule has 0 radical (unpaired) electrons. The van der Waals surface area contributed by atoms with Crippen molar-refractivity contribution >= 4 is 5.69 Å². The molecule has 2 nitrogen and oxygen atoms in total. The Balaban J connectivity index is 1.79. The van der Waals surface area contributed by atoms with Crippen LogP contribution in [0.2, 0.25) is 0 Å². The van der Waals surface area contributed by atoms with Crippen LogP contribution in [0.1, 0.15) is 25.3 Å². The van der Waals surface area contributed by atoms with Gasteiger partial charge < -0.3 is 10.2 Å². The van der Waals surface area contributed by atoms with E-state index in [0.29, 0.717) is 6.04 Å². The molecule has 1 saturated heterocycles. The van der Waals surface area contributed by atoms with Crippen molar-refractivity contribution in [3.05, 3.63) is 29.8 Å². The molecular weight excluding hydrogens is 208 g/mol. The molecule has 1 N–H and O–H groups in total. The lowest BCUT2D eigenvalue weighted by Gasteiger charge is -2.36. The normalized spacial score (nSPS) is 28.2. The molecule has 2 heterocycles. The van der Waals surface area contributed by atoms with Crippen LogP contribution in [0.4, 0.5) is 5.69 Å². The van der Waals surface area contributed by atoms with Crippen molar-refractivity contribution in [1.82, 2.24) is 5.32 Å². The number of hydrogen-bond donors (Lipinski definition) is 1. The predicted octanol–water partition coefficient (Wildman–Crippen LogP) is 2.44. The topological polar surface area (TPSA) is 15.3 Å². The van der Waals surface area contributed by atoms with E-state index in [0.717, 1.165) is 5.92 Å². The van der Waals surface area contributed by atoms with Gasteiger partial charge in [-0.25, -0.2) is 0 Å². The summed E-state index contributed by atoms with van der Waals surface area (Å²) in [6.45, 7) is 5.97. The fraction of sp³-hybridized carbons (Fsp3) is 0.600. The molecule has 92 valence electrons. The van der Waals surface area contributed by atoms with Gasteiger partial charge in [-0.2, -0.15) is 0 Å². The van der Waals surface area contributed by atoms with E-state index in [9.17, 15) is 0 Å². The molecule has 1 aromatic rings.